The Labute approximate surface area is 139 Å². The summed E-state index contributed by atoms with van der Waals surface area (Å²) in [6.45, 7) is 4.57. The summed E-state index contributed by atoms with van der Waals surface area (Å²) < 4.78 is 0. The Morgan fingerprint density at radius 3 is 2.68 bits per heavy atom. The van der Waals surface area contributed by atoms with E-state index in [-0.39, 0.29) is 11.6 Å². The van der Waals surface area contributed by atoms with E-state index in [1.807, 2.05) is 0 Å². The molecule has 0 aliphatic heterocycles. The van der Waals surface area contributed by atoms with Crippen LogP contribution in [0.2, 0.25) is 10.0 Å². The third-order valence-corrected chi connectivity index (χ3v) is 3.35. The zero-order valence-electron chi connectivity index (χ0n) is 12.3. The second-order valence-corrected chi connectivity index (χ2v) is 5.53. The molecule has 116 valence electrons. The van der Waals surface area contributed by atoms with Gasteiger partial charge in [0.25, 0.3) is 5.91 Å². The Morgan fingerprint density at radius 2 is 2.00 bits per heavy atom. The van der Waals surface area contributed by atoms with Crippen molar-refractivity contribution >= 4 is 40.6 Å². The highest BCUT2D eigenvalue weighted by molar-refractivity contribution is 6.36. The summed E-state index contributed by atoms with van der Waals surface area (Å²) in [5.41, 5.74) is 0.757. The third kappa shape index (κ3) is 4.32. The first-order chi connectivity index (χ1) is 10.5. The standard InChI is InChI=1S/C15H16Cl2N4O/c1-3-6-18-14-8-13(19-9(2)20-14)15(22)21-12-5-4-10(16)7-11(12)17/h4-5,7-8H,3,6H2,1-2H3,(H,21,22)(H,18,19,20). The molecule has 0 aliphatic carbocycles. The lowest BCUT2D eigenvalue weighted by atomic mass is 10.3. The van der Waals surface area contributed by atoms with Crippen LogP contribution in [0.1, 0.15) is 29.7 Å². The lowest BCUT2D eigenvalue weighted by Crippen LogP contribution is -2.16. The van der Waals surface area contributed by atoms with Crippen LogP contribution in [0.3, 0.4) is 0 Å². The minimum absolute atomic E-state index is 0.275. The van der Waals surface area contributed by atoms with Crippen molar-refractivity contribution in [2.45, 2.75) is 20.3 Å². The molecule has 22 heavy (non-hydrogen) atoms. The van der Waals surface area contributed by atoms with Crippen molar-refractivity contribution in [2.75, 3.05) is 17.2 Å². The van der Waals surface area contributed by atoms with Crippen LogP contribution in [0, 0.1) is 6.92 Å². The summed E-state index contributed by atoms with van der Waals surface area (Å²) in [5.74, 6) is 0.796. The molecule has 2 rings (SSSR count). The zero-order valence-corrected chi connectivity index (χ0v) is 13.8. The van der Waals surface area contributed by atoms with Crippen LogP contribution in [-0.2, 0) is 0 Å². The van der Waals surface area contributed by atoms with Crippen molar-refractivity contribution in [2.24, 2.45) is 0 Å². The number of amides is 1. The van der Waals surface area contributed by atoms with E-state index in [9.17, 15) is 4.79 Å². The maximum Gasteiger partial charge on any atom is 0.274 e. The van der Waals surface area contributed by atoms with Crippen LogP contribution in [0.15, 0.2) is 24.3 Å². The third-order valence-electron chi connectivity index (χ3n) is 2.81. The molecule has 0 aliphatic rings. The van der Waals surface area contributed by atoms with Gasteiger partial charge in [0.2, 0.25) is 0 Å². The highest BCUT2D eigenvalue weighted by atomic mass is 35.5. The quantitative estimate of drug-likeness (QED) is 0.858. The van der Waals surface area contributed by atoms with Crippen LogP contribution in [-0.4, -0.2) is 22.4 Å². The molecule has 7 heteroatoms. The van der Waals surface area contributed by atoms with Gasteiger partial charge in [0.1, 0.15) is 17.3 Å². The molecule has 5 nitrogen and oxygen atoms in total. The number of nitrogens with zero attached hydrogens (tertiary/aromatic N) is 2. The number of anilines is 2. The van der Waals surface area contributed by atoms with Crippen LogP contribution >= 0.6 is 23.2 Å². The highest BCUT2D eigenvalue weighted by Crippen LogP contribution is 2.25. The van der Waals surface area contributed by atoms with E-state index in [1.165, 1.54) is 0 Å². The van der Waals surface area contributed by atoms with Gasteiger partial charge in [0.15, 0.2) is 0 Å². The van der Waals surface area contributed by atoms with Gasteiger partial charge in [-0.2, -0.15) is 0 Å². The van der Waals surface area contributed by atoms with Gasteiger partial charge in [-0.15, -0.1) is 0 Å². The predicted octanol–water partition coefficient (Wildman–Crippen LogP) is 4.17. The first-order valence-corrected chi connectivity index (χ1v) is 7.61. The number of carbonyl (C=O) groups excluding carboxylic acids is 1. The number of rotatable bonds is 5. The number of hydrogen-bond acceptors (Lipinski definition) is 4. The molecule has 0 fully saturated rings. The lowest BCUT2D eigenvalue weighted by Gasteiger charge is -2.09. The first kappa shape index (κ1) is 16.5. The summed E-state index contributed by atoms with van der Waals surface area (Å²) in [6, 6.07) is 6.48. The summed E-state index contributed by atoms with van der Waals surface area (Å²) >= 11 is 11.9. The molecule has 1 aromatic carbocycles. The van der Waals surface area contributed by atoms with E-state index in [2.05, 4.69) is 27.5 Å². The van der Waals surface area contributed by atoms with Crippen molar-refractivity contribution in [1.82, 2.24) is 9.97 Å². The van der Waals surface area contributed by atoms with Crippen LogP contribution in [0.25, 0.3) is 0 Å². The van der Waals surface area contributed by atoms with Gasteiger partial charge in [0, 0.05) is 17.6 Å². The van der Waals surface area contributed by atoms with E-state index in [1.54, 1.807) is 31.2 Å². The fourth-order valence-electron chi connectivity index (χ4n) is 1.80. The van der Waals surface area contributed by atoms with Gasteiger partial charge in [-0.1, -0.05) is 30.1 Å². The molecule has 0 bridgehead atoms. The molecular formula is C15H16Cl2N4O. The predicted molar refractivity (Wildman–Crippen MR) is 90.0 cm³/mol. The molecule has 2 N–H and O–H groups in total. The molecule has 0 spiro atoms. The largest absolute Gasteiger partial charge is 0.370 e. The molecule has 0 saturated carbocycles. The van der Waals surface area contributed by atoms with Crippen LogP contribution in [0.4, 0.5) is 11.5 Å². The number of hydrogen-bond donors (Lipinski definition) is 2. The van der Waals surface area contributed by atoms with Gasteiger partial charge >= 0.3 is 0 Å². The molecule has 0 saturated heterocycles. The second-order valence-electron chi connectivity index (χ2n) is 4.69. The SMILES string of the molecule is CCCNc1cc(C(=O)Nc2ccc(Cl)cc2Cl)nc(C)n1. The number of halogens is 2. The smallest absolute Gasteiger partial charge is 0.274 e. The molecule has 0 unspecified atom stereocenters. The molecular weight excluding hydrogens is 323 g/mol. The Kier molecular flexibility index (Phi) is 5.57. The summed E-state index contributed by atoms with van der Waals surface area (Å²) in [6.07, 6.45) is 0.963. The van der Waals surface area contributed by atoms with Crippen molar-refractivity contribution in [3.63, 3.8) is 0 Å². The van der Waals surface area contributed by atoms with E-state index in [0.29, 0.717) is 27.4 Å². The minimum Gasteiger partial charge on any atom is -0.370 e. The summed E-state index contributed by atoms with van der Waals surface area (Å²) in [7, 11) is 0. The normalized spacial score (nSPS) is 10.4. The fraction of sp³-hybridized carbons (Fsp3) is 0.267. The van der Waals surface area contributed by atoms with E-state index in [4.69, 9.17) is 23.2 Å². The van der Waals surface area contributed by atoms with E-state index >= 15 is 0 Å². The Balaban J connectivity index is 2.20. The Morgan fingerprint density at radius 1 is 1.23 bits per heavy atom. The number of aryl methyl sites for hydroxylation is 1. The molecule has 0 atom stereocenters. The zero-order chi connectivity index (χ0) is 16.1. The van der Waals surface area contributed by atoms with E-state index < -0.39 is 0 Å². The molecule has 1 amide bonds. The van der Waals surface area contributed by atoms with Gasteiger partial charge in [-0.25, -0.2) is 9.97 Å². The number of aromatic nitrogens is 2. The van der Waals surface area contributed by atoms with Crippen LogP contribution in [0.5, 0.6) is 0 Å². The lowest BCUT2D eigenvalue weighted by molar-refractivity contribution is 0.102. The molecule has 1 aromatic heterocycles. The van der Waals surface area contributed by atoms with Gasteiger partial charge in [-0.3, -0.25) is 4.79 Å². The van der Waals surface area contributed by atoms with Crippen molar-refractivity contribution in [3.8, 4) is 0 Å². The monoisotopic (exact) mass is 338 g/mol. The summed E-state index contributed by atoms with van der Waals surface area (Å²) in [5, 5.41) is 6.73. The summed E-state index contributed by atoms with van der Waals surface area (Å²) in [4.78, 5) is 20.7. The van der Waals surface area contributed by atoms with Crippen molar-refractivity contribution < 1.29 is 4.79 Å². The van der Waals surface area contributed by atoms with Crippen molar-refractivity contribution in [3.05, 3.63) is 45.8 Å². The molecule has 0 radical (unpaired) electrons. The maximum atomic E-state index is 12.3. The topological polar surface area (TPSA) is 66.9 Å². The average Bonchev–Trinajstić information content (AvgIpc) is 2.47. The van der Waals surface area contributed by atoms with Gasteiger partial charge < -0.3 is 10.6 Å². The van der Waals surface area contributed by atoms with Crippen molar-refractivity contribution in [1.29, 1.82) is 0 Å². The average molecular weight is 339 g/mol. The molecule has 2 aromatic rings. The van der Waals surface area contributed by atoms with E-state index in [0.717, 1.165) is 13.0 Å². The fourth-order valence-corrected chi connectivity index (χ4v) is 2.26. The van der Waals surface area contributed by atoms with Gasteiger partial charge in [-0.05, 0) is 31.5 Å². The maximum absolute atomic E-state index is 12.3. The number of carbonyl (C=O) groups is 1. The Hall–Kier alpha value is -1.85. The van der Waals surface area contributed by atoms with Crippen LogP contribution < -0.4 is 10.6 Å². The minimum atomic E-state index is -0.353. The highest BCUT2D eigenvalue weighted by Gasteiger charge is 2.12. The molecule has 1 heterocycles. The Bertz CT molecular complexity index is 691. The second kappa shape index (κ2) is 7.42. The number of benzene rings is 1. The van der Waals surface area contributed by atoms with Gasteiger partial charge in [0.05, 0.1) is 10.7 Å². The number of nitrogens with one attached hydrogen (secondary N) is 2. The first-order valence-electron chi connectivity index (χ1n) is 6.85.